The minimum absolute atomic E-state index is 0.0173. The fraction of sp³-hybridized carbons (Fsp3) is 0.250. The van der Waals surface area contributed by atoms with Gasteiger partial charge in [0, 0.05) is 24.1 Å². The van der Waals surface area contributed by atoms with Gasteiger partial charge >= 0.3 is 0 Å². The number of amides is 1. The van der Waals surface area contributed by atoms with Crippen LogP contribution in [0.2, 0.25) is 0 Å². The number of rotatable bonds is 9. The molecule has 0 aliphatic carbocycles. The van der Waals surface area contributed by atoms with Crippen LogP contribution in [-0.4, -0.2) is 27.5 Å². The fourth-order valence-electron chi connectivity index (χ4n) is 2.23. The number of benzene rings is 2. The van der Waals surface area contributed by atoms with E-state index in [0.29, 0.717) is 12.3 Å². The van der Waals surface area contributed by atoms with Crippen molar-refractivity contribution < 1.29 is 17.9 Å². The van der Waals surface area contributed by atoms with E-state index in [1.165, 1.54) is 6.08 Å². The van der Waals surface area contributed by atoms with Gasteiger partial charge < -0.3 is 10.1 Å². The molecule has 6 nitrogen and oxygen atoms in total. The van der Waals surface area contributed by atoms with Crippen molar-refractivity contribution >= 4 is 27.7 Å². The number of carbonyl (C=O) groups excluding carboxylic acids is 1. The molecule has 0 heterocycles. The van der Waals surface area contributed by atoms with Crippen LogP contribution in [0.25, 0.3) is 6.08 Å². The topological polar surface area (TPSA) is 84.5 Å². The summed E-state index contributed by atoms with van der Waals surface area (Å²) in [7, 11) is -3.60. The summed E-state index contributed by atoms with van der Waals surface area (Å²) in [6.07, 6.45) is 1.55. The number of aryl methyl sites for hydroxylation is 1. The quantitative estimate of drug-likeness (QED) is 0.690. The Morgan fingerprint density at radius 1 is 1.07 bits per heavy atom. The first-order chi connectivity index (χ1) is 12.9. The molecule has 0 aromatic heterocycles. The molecule has 27 heavy (non-hydrogen) atoms. The Hall–Kier alpha value is -2.64. The Morgan fingerprint density at radius 3 is 2.37 bits per heavy atom. The van der Waals surface area contributed by atoms with Crippen LogP contribution in [0.1, 0.15) is 24.5 Å². The summed E-state index contributed by atoms with van der Waals surface area (Å²) in [6, 6.07) is 14.5. The van der Waals surface area contributed by atoms with Gasteiger partial charge in [0.15, 0.2) is 0 Å². The second-order valence-electron chi connectivity index (χ2n) is 5.91. The Labute approximate surface area is 160 Å². The molecule has 0 unspecified atom stereocenters. The van der Waals surface area contributed by atoms with Crippen molar-refractivity contribution in [2.45, 2.75) is 20.3 Å². The average Bonchev–Trinajstić information content (AvgIpc) is 2.63. The van der Waals surface area contributed by atoms with Gasteiger partial charge in [-0.05, 0) is 49.8 Å². The number of sulfonamides is 1. The van der Waals surface area contributed by atoms with E-state index < -0.39 is 10.0 Å². The molecular weight excluding hydrogens is 364 g/mol. The lowest BCUT2D eigenvalue weighted by Gasteiger charge is -2.07. The molecule has 1 amide bonds. The molecule has 144 valence electrons. The zero-order valence-corrected chi connectivity index (χ0v) is 16.3. The third-order valence-electron chi connectivity index (χ3n) is 3.62. The van der Waals surface area contributed by atoms with Gasteiger partial charge in [-0.25, -0.2) is 13.1 Å². The van der Waals surface area contributed by atoms with Crippen LogP contribution in [-0.2, 0) is 14.8 Å². The summed E-state index contributed by atoms with van der Waals surface area (Å²) in [4.78, 5) is 11.9. The number of nitrogens with one attached hydrogen (secondary N) is 2. The maximum absolute atomic E-state index is 12.0. The normalized spacial score (nSPS) is 11.5. The highest BCUT2D eigenvalue weighted by atomic mass is 32.2. The molecule has 0 atom stereocenters. The van der Waals surface area contributed by atoms with Crippen LogP contribution in [0.5, 0.6) is 5.75 Å². The van der Waals surface area contributed by atoms with Crippen molar-refractivity contribution in [3.63, 3.8) is 0 Å². The van der Waals surface area contributed by atoms with Gasteiger partial charge in [-0.3, -0.25) is 4.79 Å². The van der Waals surface area contributed by atoms with Gasteiger partial charge in [-0.15, -0.1) is 0 Å². The molecule has 0 bridgehead atoms. The third-order valence-corrected chi connectivity index (χ3v) is 4.72. The van der Waals surface area contributed by atoms with Crippen LogP contribution in [0.15, 0.2) is 53.9 Å². The van der Waals surface area contributed by atoms with Crippen molar-refractivity contribution in [3.05, 3.63) is 65.1 Å². The maximum Gasteiger partial charge on any atom is 0.233 e. The van der Waals surface area contributed by atoms with Gasteiger partial charge in [-0.2, -0.15) is 0 Å². The standard InChI is InChI=1S/C20H24N2O4S/c1-3-26-19-10-8-18(9-11-19)22-20(23)12-14-21-27(24,25)15-13-17-6-4-16(2)5-7-17/h4-11,13,15,21H,3,12,14H2,1-2H3,(H,22,23)/b15-13+. The Morgan fingerprint density at radius 2 is 1.74 bits per heavy atom. The zero-order chi connectivity index (χ0) is 19.7. The number of anilines is 1. The highest BCUT2D eigenvalue weighted by Gasteiger charge is 2.07. The molecule has 0 saturated heterocycles. The maximum atomic E-state index is 12.0. The summed E-state index contributed by atoms with van der Waals surface area (Å²) in [5.41, 5.74) is 2.52. The largest absolute Gasteiger partial charge is 0.494 e. The first-order valence-corrected chi connectivity index (χ1v) is 10.2. The highest BCUT2D eigenvalue weighted by molar-refractivity contribution is 7.92. The molecular formula is C20H24N2O4S. The van der Waals surface area contributed by atoms with Crippen molar-refractivity contribution in [2.75, 3.05) is 18.5 Å². The fourth-order valence-corrected chi connectivity index (χ4v) is 3.04. The van der Waals surface area contributed by atoms with Crippen molar-refractivity contribution in [3.8, 4) is 5.75 Å². The molecule has 2 rings (SSSR count). The van der Waals surface area contributed by atoms with Crippen LogP contribution in [0, 0.1) is 6.92 Å². The van der Waals surface area contributed by atoms with E-state index in [1.54, 1.807) is 24.3 Å². The first kappa shape index (κ1) is 20.7. The highest BCUT2D eigenvalue weighted by Crippen LogP contribution is 2.15. The van der Waals surface area contributed by atoms with E-state index in [1.807, 2.05) is 38.1 Å². The van der Waals surface area contributed by atoms with Gasteiger partial charge in [0.2, 0.25) is 15.9 Å². The number of ether oxygens (including phenoxy) is 1. The van der Waals surface area contributed by atoms with Gasteiger partial charge in [0.05, 0.1) is 6.61 Å². The van der Waals surface area contributed by atoms with E-state index >= 15 is 0 Å². The predicted octanol–water partition coefficient (Wildman–Crippen LogP) is 3.31. The first-order valence-electron chi connectivity index (χ1n) is 8.65. The van der Waals surface area contributed by atoms with Gasteiger partial charge in [0.25, 0.3) is 0 Å². The smallest absolute Gasteiger partial charge is 0.233 e. The molecule has 0 spiro atoms. The van der Waals surface area contributed by atoms with Crippen LogP contribution in [0.4, 0.5) is 5.69 Å². The molecule has 7 heteroatoms. The monoisotopic (exact) mass is 388 g/mol. The molecule has 0 fully saturated rings. The third kappa shape index (κ3) is 7.64. The van der Waals surface area contributed by atoms with Crippen molar-refractivity contribution in [1.29, 1.82) is 0 Å². The number of hydrogen-bond donors (Lipinski definition) is 2. The molecule has 0 aliphatic heterocycles. The summed E-state index contributed by atoms with van der Waals surface area (Å²) in [5.74, 6) is 0.452. The van der Waals surface area contributed by atoms with E-state index in [2.05, 4.69) is 10.0 Å². The molecule has 2 aromatic rings. The molecule has 0 radical (unpaired) electrons. The summed E-state index contributed by atoms with van der Waals surface area (Å²) < 4.78 is 31.7. The number of hydrogen-bond acceptors (Lipinski definition) is 4. The zero-order valence-electron chi connectivity index (χ0n) is 15.4. The van der Waals surface area contributed by atoms with E-state index in [0.717, 1.165) is 22.3 Å². The lowest BCUT2D eigenvalue weighted by atomic mass is 10.2. The second kappa shape index (κ2) is 9.89. The minimum Gasteiger partial charge on any atom is -0.494 e. The second-order valence-corrected chi connectivity index (χ2v) is 7.56. The lowest BCUT2D eigenvalue weighted by molar-refractivity contribution is -0.116. The Balaban J connectivity index is 1.78. The molecule has 2 N–H and O–H groups in total. The minimum atomic E-state index is -3.60. The van der Waals surface area contributed by atoms with Gasteiger partial charge in [0.1, 0.15) is 5.75 Å². The lowest BCUT2D eigenvalue weighted by Crippen LogP contribution is -2.26. The summed E-state index contributed by atoms with van der Waals surface area (Å²) >= 11 is 0. The Kier molecular flexibility index (Phi) is 7.57. The SMILES string of the molecule is CCOc1ccc(NC(=O)CCNS(=O)(=O)/C=C/c2ccc(C)cc2)cc1. The summed E-state index contributed by atoms with van der Waals surface area (Å²) in [6.45, 7) is 4.45. The van der Waals surface area contributed by atoms with E-state index in [9.17, 15) is 13.2 Å². The van der Waals surface area contributed by atoms with Crippen molar-refractivity contribution in [1.82, 2.24) is 4.72 Å². The van der Waals surface area contributed by atoms with Crippen molar-refractivity contribution in [2.24, 2.45) is 0 Å². The van der Waals surface area contributed by atoms with Crippen LogP contribution in [0.3, 0.4) is 0 Å². The average molecular weight is 388 g/mol. The van der Waals surface area contributed by atoms with Crippen LogP contribution >= 0.6 is 0 Å². The molecule has 0 aliphatic rings. The van der Waals surface area contributed by atoms with Crippen LogP contribution < -0.4 is 14.8 Å². The number of carbonyl (C=O) groups is 1. The van der Waals surface area contributed by atoms with Gasteiger partial charge in [-0.1, -0.05) is 29.8 Å². The predicted molar refractivity (Wildman–Crippen MR) is 108 cm³/mol. The summed E-state index contributed by atoms with van der Waals surface area (Å²) in [5, 5.41) is 3.81. The van der Waals surface area contributed by atoms with E-state index in [4.69, 9.17) is 4.74 Å². The van der Waals surface area contributed by atoms with E-state index in [-0.39, 0.29) is 18.9 Å². The molecule has 2 aromatic carbocycles. The Bertz CT molecular complexity index is 873. The molecule has 0 saturated carbocycles.